The van der Waals surface area contributed by atoms with Gasteiger partial charge in [-0.3, -0.25) is 9.69 Å². The Labute approximate surface area is 184 Å². The standard InChI is InChI=1S/C23H28F3N3O3/c1-22(12-31-13-22)21(30)28-20-9-27-19-5-4-17(8-18(19)20)32-10-14-6-15-2-3-16(7-14)29(15)11-23(24,25)26/h4-5,8-9,14-16,27H,2-3,6-7,10-13H2,1H3,(H,28,30)/t14-,15-,16+. The zero-order valence-corrected chi connectivity index (χ0v) is 18.0. The van der Waals surface area contributed by atoms with E-state index in [-0.39, 0.29) is 23.9 Å². The summed E-state index contributed by atoms with van der Waals surface area (Å²) >= 11 is 0. The van der Waals surface area contributed by atoms with E-state index in [1.807, 2.05) is 25.1 Å². The van der Waals surface area contributed by atoms with Crippen LogP contribution in [0.4, 0.5) is 18.9 Å². The Morgan fingerprint density at radius 3 is 2.62 bits per heavy atom. The molecule has 3 aliphatic rings. The number of amides is 1. The summed E-state index contributed by atoms with van der Waals surface area (Å²) in [5, 5.41) is 3.84. The van der Waals surface area contributed by atoms with Gasteiger partial charge in [-0.25, -0.2) is 0 Å². The zero-order valence-electron chi connectivity index (χ0n) is 18.0. The number of aromatic amines is 1. The zero-order chi connectivity index (χ0) is 22.5. The van der Waals surface area contributed by atoms with Crippen molar-refractivity contribution in [2.75, 3.05) is 31.7 Å². The van der Waals surface area contributed by atoms with Crippen LogP contribution in [0.3, 0.4) is 0 Å². The van der Waals surface area contributed by atoms with Crippen molar-refractivity contribution in [1.29, 1.82) is 0 Å². The van der Waals surface area contributed by atoms with Crippen LogP contribution in [-0.2, 0) is 9.53 Å². The van der Waals surface area contributed by atoms with Crippen LogP contribution in [-0.4, -0.2) is 60.4 Å². The molecular weight excluding hydrogens is 423 g/mol. The number of alkyl halides is 3. The van der Waals surface area contributed by atoms with Gasteiger partial charge in [-0.15, -0.1) is 0 Å². The summed E-state index contributed by atoms with van der Waals surface area (Å²) in [5.74, 6) is 0.865. The van der Waals surface area contributed by atoms with Crippen molar-refractivity contribution in [3.8, 4) is 5.75 Å². The van der Waals surface area contributed by atoms with E-state index in [0.717, 1.165) is 36.6 Å². The van der Waals surface area contributed by atoms with Gasteiger partial charge in [0.2, 0.25) is 5.91 Å². The quantitative estimate of drug-likeness (QED) is 0.686. The topological polar surface area (TPSA) is 66.6 Å². The van der Waals surface area contributed by atoms with Gasteiger partial charge in [-0.1, -0.05) is 0 Å². The molecule has 3 fully saturated rings. The summed E-state index contributed by atoms with van der Waals surface area (Å²) in [7, 11) is 0. The summed E-state index contributed by atoms with van der Waals surface area (Å²) in [4.78, 5) is 17.3. The number of fused-ring (bicyclic) bond motifs is 3. The maximum Gasteiger partial charge on any atom is 0.401 e. The molecule has 6 nitrogen and oxygen atoms in total. The van der Waals surface area contributed by atoms with Crippen molar-refractivity contribution in [3.05, 3.63) is 24.4 Å². The molecule has 0 radical (unpaired) electrons. The molecule has 2 bridgehead atoms. The first-order valence-electron chi connectivity index (χ1n) is 11.2. The SMILES string of the molecule is CC1(C(=O)Nc2c[nH]c3ccc(OC[C@@H]4C[C@H]5CC[C@@H](C4)N5CC(F)(F)F)cc23)COC1. The first-order chi connectivity index (χ1) is 15.2. The highest BCUT2D eigenvalue weighted by Gasteiger charge is 2.45. The van der Waals surface area contributed by atoms with Gasteiger partial charge in [0, 0.05) is 29.2 Å². The van der Waals surface area contributed by atoms with Crippen LogP contribution in [0.1, 0.15) is 32.6 Å². The molecule has 9 heteroatoms. The average Bonchev–Trinajstić information content (AvgIpc) is 3.19. The van der Waals surface area contributed by atoms with E-state index >= 15 is 0 Å². The molecule has 3 saturated heterocycles. The number of ether oxygens (including phenoxy) is 2. The van der Waals surface area contributed by atoms with Gasteiger partial charge in [0.15, 0.2) is 0 Å². The number of hydrogen-bond acceptors (Lipinski definition) is 4. The van der Waals surface area contributed by atoms with E-state index in [9.17, 15) is 18.0 Å². The highest BCUT2D eigenvalue weighted by atomic mass is 19.4. The molecule has 3 aliphatic heterocycles. The van der Waals surface area contributed by atoms with Crippen molar-refractivity contribution < 1.29 is 27.4 Å². The first kappa shape index (κ1) is 21.6. The smallest absolute Gasteiger partial charge is 0.401 e. The monoisotopic (exact) mass is 451 g/mol. The number of anilines is 1. The maximum absolute atomic E-state index is 12.9. The van der Waals surface area contributed by atoms with Crippen molar-refractivity contribution >= 4 is 22.5 Å². The van der Waals surface area contributed by atoms with E-state index in [0.29, 0.717) is 31.3 Å². The Hall–Kier alpha value is -2.26. The lowest BCUT2D eigenvalue weighted by atomic mass is 9.87. The number of piperidine rings is 1. The van der Waals surface area contributed by atoms with Crippen LogP contribution in [0.5, 0.6) is 5.75 Å². The second kappa shape index (κ2) is 7.95. The summed E-state index contributed by atoms with van der Waals surface area (Å²) in [6, 6.07) is 5.67. The molecular formula is C23H28F3N3O3. The summed E-state index contributed by atoms with van der Waals surface area (Å²) in [5.41, 5.74) is 1.08. The van der Waals surface area contributed by atoms with Crippen LogP contribution < -0.4 is 10.1 Å². The third-order valence-electron chi connectivity index (χ3n) is 7.12. The number of rotatable bonds is 6. The normalized spacial score (nSPS) is 27.3. The minimum absolute atomic E-state index is 0.00482. The number of nitrogens with zero attached hydrogens (tertiary/aromatic N) is 1. The maximum atomic E-state index is 12.9. The van der Waals surface area contributed by atoms with Crippen LogP contribution in [0.25, 0.3) is 10.9 Å². The van der Waals surface area contributed by atoms with Gasteiger partial charge in [-0.2, -0.15) is 13.2 Å². The number of nitrogens with one attached hydrogen (secondary N) is 2. The fourth-order valence-electron chi connectivity index (χ4n) is 5.31. The van der Waals surface area contributed by atoms with E-state index in [1.165, 1.54) is 0 Å². The number of carbonyl (C=O) groups excluding carboxylic acids is 1. The molecule has 0 unspecified atom stereocenters. The highest BCUT2D eigenvalue weighted by Crippen LogP contribution is 2.40. The van der Waals surface area contributed by atoms with E-state index < -0.39 is 18.1 Å². The van der Waals surface area contributed by atoms with Gasteiger partial charge < -0.3 is 19.8 Å². The third kappa shape index (κ3) is 4.20. The summed E-state index contributed by atoms with van der Waals surface area (Å²) < 4.78 is 49.9. The molecule has 4 heterocycles. The van der Waals surface area contributed by atoms with Crippen LogP contribution in [0, 0.1) is 11.3 Å². The van der Waals surface area contributed by atoms with Gasteiger partial charge in [0.25, 0.3) is 0 Å². The van der Waals surface area contributed by atoms with Gasteiger partial charge in [0.05, 0.1) is 37.5 Å². The summed E-state index contributed by atoms with van der Waals surface area (Å²) in [6.45, 7) is 2.39. The fraction of sp³-hybridized carbons (Fsp3) is 0.609. The van der Waals surface area contributed by atoms with Crippen molar-refractivity contribution in [3.63, 3.8) is 0 Å². The minimum Gasteiger partial charge on any atom is -0.493 e. The minimum atomic E-state index is -4.15. The van der Waals surface area contributed by atoms with Crippen molar-refractivity contribution in [1.82, 2.24) is 9.88 Å². The Balaban J connectivity index is 1.21. The van der Waals surface area contributed by atoms with Gasteiger partial charge >= 0.3 is 6.18 Å². The molecule has 0 spiro atoms. The second-order valence-corrected chi connectivity index (χ2v) is 9.74. The molecule has 174 valence electrons. The lowest BCUT2D eigenvalue weighted by Gasteiger charge is -2.39. The molecule has 0 saturated carbocycles. The molecule has 1 aromatic heterocycles. The number of carbonyl (C=O) groups is 1. The largest absolute Gasteiger partial charge is 0.493 e. The number of hydrogen-bond donors (Lipinski definition) is 2. The van der Waals surface area contributed by atoms with E-state index in [2.05, 4.69) is 10.3 Å². The number of benzene rings is 1. The number of halogens is 3. The molecule has 0 aliphatic carbocycles. The molecule has 2 aromatic rings. The predicted octanol–water partition coefficient (Wildman–Crippen LogP) is 4.33. The predicted molar refractivity (Wildman–Crippen MR) is 114 cm³/mol. The van der Waals surface area contributed by atoms with Crippen molar-refractivity contribution in [2.45, 2.75) is 50.9 Å². The molecule has 1 amide bonds. The third-order valence-corrected chi connectivity index (χ3v) is 7.12. The molecule has 32 heavy (non-hydrogen) atoms. The second-order valence-electron chi connectivity index (χ2n) is 9.74. The fourth-order valence-corrected chi connectivity index (χ4v) is 5.31. The molecule has 2 N–H and O–H groups in total. The Kier molecular flexibility index (Phi) is 5.36. The molecule has 1 aromatic carbocycles. The van der Waals surface area contributed by atoms with Crippen LogP contribution in [0.2, 0.25) is 0 Å². The Morgan fingerprint density at radius 1 is 1.28 bits per heavy atom. The number of aromatic nitrogens is 1. The lowest BCUT2D eigenvalue weighted by molar-refractivity contribution is -0.157. The Bertz CT molecular complexity index is 987. The lowest BCUT2D eigenvalue weighted by Crippen LogP contribution is -2.49. The molecule has 3 atom stereocenters. The number of H-pyrrole nitrogens is 1. The Morgan fingerprint density at radius 2 is 2.00 bits per heavy atom. The average molecular weight is 451 g/mol. The summed E-state index contributed by atoms with van der Waals surface area (Å²) in [6.07, 6.45) is 0.761. The van der Waals surface area contributed by atoms with Crippen LogP contribution >= 0.6 is 0 Å². The van der Waals surface area contributed by atoms with Gasteiger partial charge in [-0.05, 0) is 56.7 Å². The van der Waals surface area contributed by atoms with Crippen molar-refractivity contribution in [2.24, 2.45) is 11.3 Å². The van der Waals surface area contributed by atoms with Crippen LogP contribution in [0.15, 0.2) is 24.4 Å². The first-order valence-corrected chi connectivity index (χ1v) is 11.2. The van der Waals surface area contributed by atoms with E-state index in [4.69, 9.17) is 9.47 Å². The highest BCUT2D eigenvalue weighted by molar-refractivity contribution is 6.04. The molecule has 5 rings (SSSR count). The van der Waals surface area contributed by atoms with E-state index in [1.54, 1.807) is 11.1 Å². The van der Waals surface area contributed by atoms with Gasteiger partial charge in [0.1, 0.15) is 5.75 Å².